The number of rotatable bonds is 3. The quantitative estimate of drug-likeness (QED) is 0.708. The smallest absolute Gasteiger partial charge is 0.255 e. The first kappa shape index (κ1) is 17.0. The lowest BCUT2D eigenvalue weighted by Gasteiger charge is -2.40. The molecule has 4 rings (SSSR count). The molecular formula is C23H20N2O2. The molecule has 0 aliphatic carbocycles. The number of benzene rings is 3. The second-order valence-corrected chi connectivity index (χ2v) is 6.62. The minimum absolute atomic E-state index is 0.0297. The SMILES string of the molecule is Cc1ccccc1N1CC(=O)N(c2ccccc2)C(c2ccccc2)C1=O. The van der Waals surface area contributed by atoms with E-state index >= 15 is 0 Å². The minimum atomic E-state index is -0.686. The van der Waals surface area contributed by atoms with Gasteiger partial charge in [-0.25, -0.2) is 0 Å². The number of carbonyl (C=O) groups excluding carboxylic acids is 2. The lowest BCUT2D eigenvalue weighted by molar-refractivity contribution is -0.128. The zero-order valence-electron chi connectivity index (χ0n) is 15.1. The monoisotopic (exact) mass is 356 g/mol. The van der Waals surface area contributed by atoms with Gasteiger partial charge in [0, 0.05) is 11.4 Å². The molecule has 4 heteroatoms. The zero-order valence-corrected chi connectivity index (χ0v) is 15.1. The van der Waals surface area contributed by atoms with Crippen molar-refractivity contribution in [1.82, 2.24) is 0 Å². The Hall–Kier alpha value is -3.40. The van der Waals surface area contributed by atoms with Crippen molar-refractivity contribution in [2.24, 2.45) is 0 Å². The highest BCUT2D eigenvalue weighted by Gasteiger charge is 2.41. The number of piperazine rings is 1. The van der Waals surface area contributed by atoms with E-state index in [-0.39, 0.29) is 18.4 Å². The van der Waals surface area contributed by atoms with Gasteiger partial charge in [0.2, 0.25) is 5.91 Å². The van der Waals surface area contributed by atoms with Gasteiger partial charge >= 0.3 is 0 Å². The maximum absolute atomic E-state index is 13.5. The van der Waals surface area contributed by atoms with E-state index < -0.39 is 6.04 Å². The van der Waals surface area contributed by atoms with Gasteiger partial charge in [-0.2, -0.15) is 0 Å². The van der Waals surface area contributed by atoms with Crippen LogP contribution in [0.1, 0.15) is 17.2 Å². The number of hydrogen-bond acceptors (Lipinski definition) is 2. The normalized spacial score (nSPS) is 17.3. The van der Waals surface area contributed by atoms with Crippen LogP contribution >= 0.6 is 0 Å². The topological polar surface area (TPSA) is 40.6 Å². The van der Waals surface area contributed by atoms with E-state index in [1.807, 2.05) is 91.9 Å². The van der Waals surface area contributed by atoms with Crippen LogP contribution in [0.15, 0.2) is 84.9 Å². The molecule has 2 amide bonds. The molecule has 1 aliphatic heterocycles. The molecule has 0 aromatic heterocycles. The molecule has 3 aromatic carbocycles. The van der Waals surface area contributed by atoms with Crippen molar-refractivity contribution in [3.8, 4) is 0 Å². The molecule has 0 saturated carbocycles. The fraction of sp³-hybridized carbons (Fsp3) is 0.130. The maximum Gasteiger partial charge on any atom is 0.255 e. The van der Waals surface area contributed by atoms with E-state index in [2.05, 4.69) is 0 Å². The summed E-state index contributed by atoms with van der Waals surface area (Å²) in [5, 5.41) is 0. The van der Waals surface area contributed by atoms with Crippen LogP contribution in [-0.4, -0.2) is 18.4 Å². The van der Waals surface area contributed by atoms with Crippen LogP contribution in [-0.2, 0) is 9.59 Å². The zero-order chi connectivity index (χ0) is 18.8. The first-order valence-corrected chi connectivity index (χ1v) is 8.96. The van der Waals surface area contributed by atoms with Crippen LogP contribution < -0.4 is 9.80 Å². The Balaban J connectivity index is 1.83. The third-order valence-corrected chi connectivity index (χ3v) is 4.88. The molecule has 1 heterocycles. The third kappa shape index (κ3) is 3.10. The number of nitrogens with zero attached hydrogens (tertiary/aromatic N) is 2. The summed E-state index contributed by atoms with van der Waals surface area (Å²) in [6, 6.07) is 25.8. The van der Waals surface area contributed by atoms with Gasteiger partial charge in [0.25, 0.3) is 5.91 Å². The Morgan fingerprint density at radius 3 is 2.04 bits per heavy atom. The van der Waals surface area contributed by atoms with Crippen LogP contribution in [0.3, 0.4) is 0 Å². The van der Waals surface area contributed by atoms with Gasteiger partial charge in [0.05, 0.1) is 0 Å². The van der Waals surface area contributed by atoms with Crippen molar-refractivity contribution in [2.75, 3.05) is 16.3 Å². The van der Waals surface area contributed by atoms with E-state index in [1.54, 1.807) is 9.80 Å². The summed E-state index contributed by atoms with van der Waals surface area (Å²) >= 11 is 0. The Kier molecular flexibility index (Phi) is 4.47. The summed E-state index contributed by atoms with van der Waals surface area (Å²) in [5.41, 5.74) is 3.29. The Labute approximate surface area is 158 Å². The molecule has 1 fully saturated rings. The van der Waals surface area contributed by atoms with Crippen molar-refractivity contribution >= 4 is 23.2 Å². The Morgan fingerprint density at radius 2 is 1.37 bits per heavy atom. The molecule has 4 nitrogen and oxygen atoms in total. The third-order valence-electron chi connectivity index (χ3n) is 4.88. The summed E-state index contributed by atoms with van der Waals surface area (Å²) in [4.78, 5) is 29.9. The van der Waals surface area contributed by atoms with Gasteiger partial charge in [0.15, 0.2) is 0 Å². The van der Waals surface area contributed by atoms with Gasteiger partial charge in [-0.05, 0) is 36.2 Å². The molecule has 1 saturated heterocycles. The average Bonchev–Trinajstić information content (AvgIpc) is 2.71. The largest absolute Gasteiger partial charge is 0.301 e. The first-order valence-electron chi connectivity index (χ1n) is 8.96. The van der Waals surface area contributed by atoms with Crippen LogP contribution in [0.2, 0.25) is 0 Å². The molecule has 0 N–H and O–H groups in total. The van der Waals surface area contributed by atoms with E-state index in [0.29, 0.717) is 0 Å². The van der Waals surface area contributed by atoms with Crippen LogP contribution in [0.25, 0.3) is 0 Å². The van der Waals surface area contributed by atoms with E-state index in [4.69, 9.17) is 0 Å². The Bertz CT molecular complexity index is 970. The first-order chi connectivity index (χ1) is 13.2. The molecule has 0 bridgehead atoms. The van der Waals surface area contributed by atoms with Crippen molar-refractivity contribution in [3.63, 3.8) is 0 Å². The number of para-hydroxylation sites is 2. The maximum atomic E-state index is 13.5. The summed E-state index contributed by atoms with van der Waals surface area (Å²) in [7, 11) is 0. The van der Waals surface area contributed by atoms with Crippen molar-refractivity contribution in [3.05, 3.63) is 96.1 Å². The molecule has 1 aliphatic rings. The fourth-order valence-electron chi connectivity index (χ4n) is 3.57. The van der Waals surface area contributed by atoms with Crippen molar-refractivity contribution < 1.29 is 9.59 Å². The van der Waals surface area contributed by atoms with Crippen LogP contribution in [0.4, 0.5) is 11.4 Å². The van der Waals surface area contributed by atoms with Crippen LogP contribution in [0, 0.1) is 6.92 Å². The van der Waals surface area contributed by atoms with E-state index in [9.17, 15) is 9.59 Å². The number of amides is 2. The summed E-state index contributed by atoms with van der Waals surface area (Å²) in [6.07, 6.45) is 0. The number of anilines is 2. The summed E-state index contributed by atoms with van der Waals surface area (Å²) < 4.78 is 0. The molecule has 27 heavy (non-hydrogen) atoms. The molecule has 1 unspecified atom stereocenters. The average molecular weight is 356 g/mol. The molecule has 1 atom stereocenters. The fourth-order valence-corrected chi connectivity index (χ4v) is 3.57. The molecular weight excluding hydrogens is 336 g/mol. The molecule has 0 radical (unpaired) electrons. The second-order valence-electron chi connectivity index (χ2n) is 6.62. The predicted octanol–water partition coefficient (Wildman–Crippen LogP) is 4.12. The van der Waals surface area contributed by atoms with Crippen molar-refractivity contribution in [1.29, 1.82) is 0 Å². The van der Waals surface area contributed by atoms with Gasteiger partial charge < -0.3 is 4.90 Å². The Morgan fingerprint density at radius 1 is 0.778 bits per heavy atom. The summed E-state index contributed by atoms with van der Waals surface area (Å²) in [5.74, 6) is -0.197. The van der Waals surface area contributed by atoms with Crippen molar-refractivity contribution in [2.45, 2.75) is 13.0 Å². The molecule has 3 aromatic rings. The van der Waals surface area contributed by atoms with Gasteiger partial charge in [-0.1, -0.05) is 66.7 Å². The minimum Gasteiger partial charge on any atom is -0.301 e. The number of aryl methyl sites for hydroxylation is 1. The standard InChI is InChI=1S/C23H20N2O2/c1-17-10-8-9-15-20(17)24-16-21(26)25(19-13-6-3-7-14-19)22(23(24)27)18-11-4-2-5-12-18/h2-15,22H,16H2,1H3. The molecule has 0 spiro atoms. The highest BCUT2D eigenvalue weighted by molar-refractivity contribution is 6.14. The highest BCUT2D eigenvalue weighted by atomic mass is 16.2. The van der Waals surface area contributed by atoms with Gasteiger partial charge in [-0.15, -0.1) is 0 Å². The highest BCUT2D eigenvalue weighted by Crippen LogP contribution is 2.35. The number of carbonyl (C=O) groups is 2. The second kappa shape index (κ2) is 7.08. The predicted molar refractivity (Wildman–Crippen MR) is 107 cm³/mol. The number of hydrogen-bond donors (Lipinski definition) is 0. The van der Waals surface area contributed by atoms with E-state index in [1.165, 1.54) is 0 Å². The summed E-state index contributed by atoms with van der Waals surface area (Å²) in [6.45, 7) is 1.98. The van der Waals surface area contributed by atoms with Gasteiger partial charge in [-0.3, -0.25) is 14.5 Å². The van der Waals surface area contributed by atoms with Crippen LogP contribution in [0.5, 0.6) is 0 Å². The van der Waals surface area contributed by atoms with E-state index in [0.717, 1.165) is 22.5 Å². The lowest BCUT2D eigenvalue weighted by Crippen LogP contribution is -2.56. The molecule has 134 valence electrons. The lowest BCUT2D eigenvalue weighted by atomic mass is 9.99. The van der Waals surface area contributed by atoms with Gasteiger partial charge in [0.1, 0.15) is 12.6 Å².